The number of halogens is 1. The van der Waals surface area contributed by atoms with E-state index in [1.807, 2.05) is 12.1 Å². The van der Waals surface area contributed by atoms with E-state index in [4.69, 9.17) is 0 Å². The summed E-state index contributed by atoms with van der Waals surface area (Å²) in [5, 5.41) is 3.61. The van der Waals surface area contributed by atoms with Crippen LogP contribution in [-0.4, -0.2) is 0 Å². The Morgan fingerprint density at radius 2 is 1.50 bits per heavy atom. The van der Waals surface area contributed by atoms with Crippen molar-refractivity contribution in [2.24, 2.45) is 5.92 Å². The lowest BCUT2D eigenvalue weighted by Crippen LogP contribution is -2.28. The molecule has 0 saturated heterocycles. The maximum atomic E-state index is 13.3. The van der Waals surface area contributed by atoms with Crippen LogP contribution in [0, 0.1) is 11.7 Å². The van der Waals surface area contributed by atoms with Gasteiger partial charge in [-0.25, -0.2) is 4.39 Å². The van der Waals surface area contributed by atoms with Crippen LogP contribution in [0.3, 0.4) is 0 Å². The molecule has 0 bridgehead atoms. The first-order valence-corrected chi connectivity index (χ1v) is 7.14. The number of rotatable bonds is 5. The number of hydrogen-bond donors (Lipinski definition) is 1. The highest BCUT2D eigenvalue weighted by molar-refractivity contribution is 5.23. The summed E-state index contributed by atoms with van der Waals surface area (Å²) in [6, 6.07) is 17.6. The van der Waals surface area contributed by atoms with Crippen molar-refractivity contribution >= 4 is 0 Å². The quantitative estimate of drug-likeness (QED) is 0.817. The van der Waals surface area contributed by atoms with Gasteiger partial charge < -0.3 is 5.32 Å². The van der Waals surface area contributed by atoms with Crippen molar-refractivity contribution in [3.8, 4) is 0 Å². The molecule has 1 nitrogen and oxygen atoms in total. The summed E-state index contributed by atoms with van der Waals surface area (Å²) in [7, 11) is 0. The van der Waals surface area contributed by atoms with Gasteiger partial charge in [-0.1, -0.05) is 56.3 Å². The number of benzene rings is 2. The van der Waals surface area contributed by atoms with Crippen molar-refractivity contribution in [2.75, 3.05) is 0 Å². The molecule has 20 heavy (non-hydrogen) atoms. The van der Waals surface area contributed by atoms with Crippen LogP contribution in [0.4, 0.5) is 4.39 Å². The van der Waals surface area contributed by atoms with E-state index in [0.717, 1.165) is 5.56 Å². The Balaban J connectivity index is 2.17. The van der Waals surface area contributed by atoms with Crippen molar-refractivity contribution in [3.05, 3.63) is 71.5 Å². The predicted octanol–water partition coefficient (Wildman–Crippen LogP) is 4.87. The molecule has 2 aromatic carbocycles. The van der Waals surface area contributed by atoms with Gasteiger partial charge in [0.1, 0.15) is 5.82 Å². The molecule has 106 valence electrons. The SMILES string of the molecule is CC(C)C(N[C@@H](C)c1cccc(F)c1)c1ccccc1. The van der Waals surface area contributed by atoms with Gasteiger partial charge in [0.05, 0.1) is 0 Å². The Hall–Kier alpha value is -1.67. The second kappa shape index (κ2) is 6.67. The first-order chi connectivity index (χ1) is 9.58. The topological polar surface area (TPSA) is 12.0 Å². The zero-order valence-electron chi connectivity index (χ0n) is 12.3. The molecule has 0 fully saturated rings. The van der Waals surface area contributed by atoms with Gasteiger partial charge in [0.25, 0.3) is 0 Å². The average Bonchev–Trinajstić information content (AvgIpc) is 2.45. The van der Waals surface area contributed by atoms with E-state index in [-0.39, 0.29) is 17.9 Å². The van der Waals surface area contributed by atoms with Crippen LogP contribution < -0.4 is 5.32 Å². The molecule has 0 radical (unpaired) electrons. The third-order valence-electron chi connectivity index (χ3n) is 3.60. The largest absolute Gasteiger partial charge is 0.303 e. The van der Waals surface area contributed by atoms with Gasteiger partial charge in [-0.2, -0.15) is 0 Å². The van der Waals surface area contributed by atoms with E-state index < -0.39 is 0 Å². The van der Waals surface area contributed by atoms with Crippen LogP contribution in [0.15, 0.2) is 54.6 Å². The Bertz CT molecular complexity index is 536. The maximum Gasteiger partial charge on any atom is 0.123 e. The molecule has 1 unspecified atom stereocenters. The van der Waals surface area contributed by atoms with Crippen LogP contribution in [0.1, 0.15) is 44.0 Å². The molecule has 0 aromatic heterocycles. The molecule has 0 heterocycles. The second-order valence-corrected chi connectivity index (χ2v) is 5.58. The molecule has 1 N–H and O–H groups in total. The number of hydrogen-bond acceptors (Lipinski definition) is 1. The molecular formula is C18H22FN. The van der Waals surface area contributed by atoms with Crippen LogP contribution in [0.2, 0.25) is 0 Å². The minimum atomic E-state index is -0.183. The molecule has 0 saturated carbocycles. The van der Waals surface area contributed by atoms with Gasteiger partial charge in [-0.05, 0) is 36.1 Å². The first kappa shape index (κ1) is 14.7. The van der Waals surface area contributed by atoms with Crippen molar-refractivity contribution in [2.45, 2.75) is 32.9 Å². The fraction of sp³-hybridized carbons (Fsp3) is 0.333. The molecule has 2 heteroatoms. The van der Waals surface area contributed by atoms with Crippen LogP contribution >= 0.6 is 0 Å². The molecule has 2 aromatic rings. The summed E-state index contributed by atoms with van der Waals surface area (Å²) < 4.78 is 13.3. The standard InChI is InChI=1S/C18H22FN/c1-13(2)18(15-8-5-4-6-9-15)20-14(3)16-10-7-11-17(19)12-16/h4-14,18,20H,1-3H3/t14-,18?/m0/s1. The van der Waals surface area contributed by atoms with Crippen LogP contribution in [0.25, 0.3) is 0 Å². The summed E-state index contributed by atoms with van der Waals surface area (Å²) in [4.78, 5) is 0. The van der Waals surface area contributed by atoms with Gasteiger partial charge in [0.2, 0.25) is 0 Å². The van der Waals surface area contributed by atoms with Gasteiger partial charge in [-0.15, -0.1) is 0 Å². The summed E-state index contributed by atoms with van der Waals surface area (Å²) in [6.07, 6.45) is 0. The predicted molar refractivity (Wildman–Crippen MR) is 82.0 cm³/mol. The lowest BCUT2D eigenvalue weighted by Gasteiger charge is -2.27. The van der Waals surface area contributed by atoms with E-state index in [1.54, 1.807) is 12.1 Å². The Morgan fingerprint density at radius 3 is 2.10 bits per heavy atom. The van der Waals surface area contributed by atoms with Crippen molar-refractivity contribution < 1.29 is 4.39 Å². The normalized spacial score (nSPS) is 14.2. The van der Waals surface area contributed by atoms with E-state index in [9.17, 15) is 4.39 Å². The highest BCUT2D eigenvalue weighted by Gasteiger charge is 2.18. The molecule has 0 spiro atoms. The highest BCUT2D eigenvalue weighted by Crippen LogP contribution is 2.25. The highest BCUT2D eigenvalue weighted by atomic mass is 19.1. The van der Waals surface area contributed by atoms with Gasteiger partial charge in [0.15, 0.2) is 0 Å². The van der Waals surface area contributed by atoms with Gasteiger partial charge in [0, 0.05) is 12.1 Å². The molecule has 0 aliphatic carbocycles. The Kier molecular flexibility index (Phi) is 4.91. The Labute approximate surface area is 120 Å². The van der Waals surface area contributed by atoms with Crippen LogP contribution in [-0.2, 0) is 0 Å². The molecule has 0 aliphatic heterocycles. The van der Waals surface area contributed by atoms with Gasteiger partial charge >= 0.3 is 0 Å². The van der Waals surface area contributed by atoms with Crippen molar-refractivity contribution in [1.82, 2.24) is 5.32 Å². The Morgan fingerprint density at radius 1 is 0.850 bits per heavy atom. The summed E-state index contributed by atoms with van der Waals surface area (Å²) in [5.41, 5.74) is 2.25. The van der Waals surface area contributed by atoms with E-state index >= 15 is 0 Å². The minimum absolute atomic E-state index is 0.110. The summed E-state index contributed by atoms with van der Waals surface area (Å²) >= 11 is 0. The third-order valence-corrected chi connectivity index (χ3v) is 3.60. The minimum Gasteiger partial charge on any atom is -0.303 e. The zero-order valence-corrected chi connectivity index (χ0v) is 12.3. The van der Waals surface area contributed by atoms with E-state index in [0.29, 0.717) is 5.92 Å². The van der Waals surface area contributed by atoms with Crippen molar-refractivity contribution in [1.29, 1.82) is 0 Å². The second-order valence-electron chi connectivity index (χ2n) is 5.58. The summed E-state index contributed by atoms with van der Waals surface area (Å²) in [5.74, 6) is 0.283. The maximum absolute atomic E-state index is 13.3. The lowest BCUT2D eigenvalue weighted by molar-refractivity contribution is 0.374. The fourth-order valence-corrected chi connectivity index (χ4v) is 2.48. The molecule has 0 amide bonds. The first-order valence-electron chi connectivity index (χ1n) is 7.14. The average molecular weight is 271 g/mol. The van der Waals surface area contributed by atoms with Crippen molar-refractivity contribution in [3.63, 3.8) is 0 Å². The van der Waals surface area contributed by atoms with E-state index in [1.165, 1.54) is 11.6 Å². The van der Waals surface area contributed by atoms with Crippen LogP contribution in [0.5, 0.6) is 0 Å². The smallest absolute Gasteiger partial charge is 0.123 e. The fourth-order valence-electron chi connectivity index (χ4n) is 2.48. The molecule has 0 aliphatic rings. The third kappa shape index (κ3) is 3.67. The zero-order chi connectivity index (χ0) is 14.5. The molecular weight excluding hydrogens is 249 g/mol. The van der Waals surface area contributed by atoms with E-state index in [2.05, 4.69) is 50.4 Å². The lowest BCUT2D eigenvalue weighted by atomic mass is 9.94. The monoisotopic (exact) mass is 271 g/mol. The molecule has 2 atom stereocenters. The molecule has 2 rings (SSSR count). The number of nitrogens with one attached hydrogen (secondary N) is 1. The van der Waals surface area contributed by atoms with Gasteiger partial charge in [-0.3, -0.25) is 0 Å². The summed E-state index contributed by atoms with van der Waals surface area (Å²) in [6.45, 7) is 6.47.